The van der Waals surface area contributed by atoms with Crippen LogP contribution < -0.4 is 4.74 Å². The minimum absolute atomic E-state index is 0.455. The molecule has 1 aromatic rings. The number of hydrogen-bond acceptors (Lipinski definition) is 3. The molecule has 0 unspecified atom stereocenters. The number of rotatable bonds is 7. The Balaban J connectivity index is 2.25. The van der Waals surface area contributed by atoms with Crippen LogP contribution in [0.5, 0.6) is 5.75 Å². The first kappa shape index (κ1) is 14.8. The fourth-order valence-corrected chi connectivity index (χ4v) is 1.55. The zero-order chi connectivity index (χ0) is 13.4. The van der Waals surface area contributed by atoms with Gasteiger partial charge in [0.05, 0.1) is 23.3 Å². The van der Waals surface area contributed by atoms with Crippen molar-refractivity contribution in [1.82, 2.24) is 0 Å². The highest BCUT2D eigenvalue weighted by atomic mass is 35.5. The fourth-order valence-electron chi connectivity index (χ4n) is 1.32. The van der Waals surface area contributed by atoms with Crippen LogP contribution in [0, 0.1) is 17.2 Å². The van der Waals surface area contributed by atoms with E-state index in [1.165, 1.54) is 0 Å². The standard InChI is InChI=1S/C14H18ClNO2/c1-11(2)5-6-17-7-8-18-14-4-3-12(10-16)9-13(14)15/h3-4,9,11H,5-8H2,1-2H3. The summed E-state index contributed by atoms with van der Waals surface area (Å²) in [5, 5.41) is 9.16. The number of nitrogens with zero attached hydrogens (tertiary/aromatic N) is 1. The van der Waals surface area contributed by atoms with Gasteiger partial charge in [-0.25, -0.2) is 0 Å². The summed E-state index contributed by atoms with van der Waals surface area (Å²) in [7, 11) is 0. The monoisotopic (exact) mass is 267 g/mol. The SMILES string of the molecule is CC(C)CCOCCOc1ccc(C#N)cc1Cl. The third-order valence-corrected chi connectivity index (χ3v) is 2.68. The first-order chi connectivity index (χ1) is 8.63. The smallest absolute Gasteiger partial charge is 0.138 e. The molecular weight excluding hydrogens is 250 g/mol. The average Bonchev–Trinajstić information content (AvgIpc) is 2.34. The maximum Gasteiger partial charge on any atom is 0.138 e. The Morgan fingerprint density at radius 2 is 2.06 bits per heavy atom. The molecule has 0 saturated heterocycles. The molecule has 0 saturated carbocycles. The van der Waals surface area contributed by atoms with Gasteiger partial charge in [0.15, 0.2) is 0 Å². The van der Waals surface area contributed by atoms with Gasteiger partial charge in [-0.05, 0) is 30.5 Å². The number of halogens is 1. The van der Waals surface area contributed by atoms with Crippen molar-refractivity contribution >= 4 is 11.6 Å². The highest BCUT2D eigenvalue weighted by molar-refractivity contribution is 6.32. The van der Waals surface area contributed by atoms with Crippen molar-refractivity contribution in [3.63, 3.8) is 0 Å². The fraction of sp³-hybridized carbons (Fsp3) is 0.500. The molecule has 0 aliphatic heterocycles. The third-order valence-electron chi connectivity index (χ3n) is 2.39. The highest BCUT2D eigenvalue weighted by Crippen LogP contribution is 2.24. The van der Waals surface area contributed by atoms with Crippen LogP contribution in [-0.2, 0) is 4.74 Å². The van der Waals surface area contributed by atoms with E-state index in [-0.39, 0.29) is 0 Å². The molecule has 0 heterocycles. The summed E-state index contributed by atoms with van der Waals surface area (Å²) in [6.07, 6.45) is 1.05. The lowest BCUT2D eigenvalue weighted by Crippen LogP contribution is -2.08. The molecule has 4 heteroatoms. The maximum absolute atomic E-state index is 8.70. The first-order valence-corrected chi connectivity index (χ1v) is 6.41. The van der Waals surface area contributed by atoms with Crippen LogP contribution in [0.4, 0.5) is 0 Å². The van der Waals surface area contributed by atoms with Crippen molar-refractivity contribution in [3.8, 4) is 11.8 Å². The van der Waals surface area contributed by atoms with E-state index < -0.39 is 0 Å². The van der Waals surface area contributed by atoms with Crippen molar-refractivity contribution in [2.75, 3.05) is 19.8 Å². The van der Waals surface area contributed by atoms with Crippen LogP contribution in [0.25, 0.3) is 0 Å². The molecule has 0 aliphatic rings. The molecule has 0 radical (unpaired) electrons. The summed E-state index contributed by atoms with van der Waals surface area (Å²) in [6, 6.07) is 7.00. The van der Waals surface area contributed by atoms with Gasteiger partial charge in [0, 0.05) is 6.61 Å². The van der Waals surface area contributed by atoms with Crippen molar-refractivity contribution < 1.29 is 9.47 Å². The largest absolute Gasteiger partial charge is 0.490 e. The summed E-state index contributed by atoms with van der Waals surface area (Å²) in [4.78, 5) is 0. The van der Waals surface area contributed by atoms with Crippen molar-refractivity contribution in [1.29, 1.82) is 5.26 Å². The molecule has 0 atom stereocenters. The Labute approximate surface area is 113 Å². The molecule has 0 aliphatic carbocycles. The van der Waals surface area contributed by atoms with E-state index in [4.69, 9.17) is 26.3 Å². The van der Waals surface area contributed by atoms with Gasteiger partial charge in [-0.2, -0.15) is 5.26 Å². The first-order valence-electron chi connectivity index (χ1n) is 6.03. The number of nitriles is 1. The van der Waals surface area contributed by atoms with Crippen molar-refractivity contribution in [2.24, 2.45) is 5.92 Å². The van der Waals surface area contributed by atoms with Crippen LogP contribution in [0.1, 0.15) is 25.8 Å². The van der Waals surface area contributed by atoms with Gasteiger partial charge in [-0.3, -0.25) is 0 Å². The van der Waals surface area contributed by atoms with E-state index in [1.54, 1.807) is 18.2 Å². The van der Waals surface area contributed by atoms with E-state index >= 15 is 0 Å². The molecular formula is C14H18ClNO2. The second-order valence-electron chi connectivity index (χ2n) is 4.40. The molecule has 0 amide bonds. The lowest BCUT2D eigenvalue weighted by Gasteiger charge is -2.09. The van der Waals surface area contributed by atoms with Crippen LogP contribution in [-0.4, -0.2) is 19.8 Å². The molecule has 1 aromatic carbocycles. The van der Waals surface area contributed by atoms with Gasteiger partial charge >= 0.3 is 0 Å². The van der Waals surface area contributed by atoms with E-state index in [0.717, 1.165) is 13.0 Å². The molecule has 0 aromatic heterocycles. The second kappa shape index (κ2) is 7.97. The van der Waals surface area contributed by atoms with Gasteiger partial charge in [-0.15, -0.1) is 0 Å². The molecule has 0 spiro atoms. The lowest BCUT2D eigenvalue weighted by atomic mass is 10.1. The predicted octanol–water partition coefficient (Wildman–Crippen LogP) is 3.65. The number of ether oxygens (including phenoxy) is 2. The van der Waals surface area contributed by atoms with Gasteiger partial charge in [0.25, 0.3) is 0 Å². The maximum atomic E-state index is 8.70. The van der Waals surface area contributed by atoms with Crippen molar-refractivity contribution in [2.45, 2.75) is 20.3 Å². The van der Waals surface area contributed by atoms with E-state index in [2.05, 4.69) is 13.8 Å². The summed E-state index contributed by atoms with van der Waals surface area (Å²) in [6.45, 7) is 6.08. The Kier molecular flexibility index (Phi) is 6.56. The Morgan fingerprint density at radius 3 is 2.67 bits per heavy atom. The quantitative estimate of drug-likeness (QED) is 0.708. The molecule has 98 valence electrons. The van der Waals surface area contributed by atoms with Crippen molar-refractivity contribution in [3.05, 3.63) is 28.8 Å². The van der Waals surface area contributed by atoms with Gasteiger partial charge in [0.2, 0.25) is 0 Å². The lowest BCUT2D eigenvalue weighted by molar-refractivity contribution is 0.0926. The van der Waals surface area contributed by atoms with E-state index in [9.17, 15) is 0 Å². The summed E-state index contributed by atoms with van der Waals surface area (Å²) < 4.78 is 10.9. The minimum atomic E-state index is 0.455. The molecule has 1 rings (SSSR count). The number of hydrogen-bond donors (Lipinski definition) is 0. The molecule has 0 bridgehead atoms. The molecule has 0 fully saturated rings. The Morgan fingerprint density at radius 1 is 1.28 bits per heavy atom. The Hall–Kier alpha value is -1.24. The minimum Gasteiger partial charge on any atom is -0.490 e. The molecule has 0 N–H and O–H groups in total. The zero-order valence-electron chi connectivity index (χ0n) is 10.8. The van der Waals surface area contributed by atoms with Crippen LogP contribution in [0.15, 0.2) is 18.2 Å². The summed E-state index contributed by atoms with van der Waals surface area (Å²) in [5.41, 5.74) is 0.528. The predicted molar refractivity (Wildman–Crippen MR) is 71.9 cm³/mol. The van der Waals surface area contributed by atoms with E-state index in [1.807, 2.05) is 6.07 Å². The Bertz CT molecular complexity index is 413. The number of benzene rings is 1. The second-order valence-corrected chi connectivity index (χ2v) is 4.81. The highest BCUT2D eigenvalue weighted by Gasteiger charge is 2.02. The third kappa shape index (κ3) is 5.39. The van der Waals surface area contributed by atoms with Crippen LogP contribution in [0.3, 0.4) is 0 Å². The zero-order valence-corrected chi connectivity index (χ0v) is 11.5. The average molecular weight is 268 g/mol. The summed E-state index contributed by atoms with van der Waals surface area (Å²) >= 11 is 5.97. The topological polar surface area (TPSA) is 42.2 Å². The van der Waals surface area contributed by atoms with Gasteiger partial charge < -0.3 is 9.47 Å². The van der Waals surface area contributed by atoms with Gasteiger partial charge in [-0.1, -0.05) is 25.4 Å². The molecule has 3 nitrogen and oxygen atoms in total. The summed E-state index contributed by atoms with van der Waals surface area (Å²) in [5.74, 6) is 1.24. The van der Waals surface area contributed by atoms with Gasteiger partial charge in [0.1, 0.15) is 12.4 Å². The van der Waals surface area contributed by atoms with Crippen LogP contribution >= 0.6 is 11.6 Å². The normalized spacial score (nSPS) is 10.4. The van der Waals surface area contributed by atoms with E-state index in [0.29, 0.717) is 35.5 Å². The molecule has 18 heavy (non-hydrogen) atoms. The van der Waals surface area contributed by atoms with Crippen LogP contribution in [0.2, 0.25) is 5.02 Å².